The molecule has 4 aliphatic carbocycles. The van der Waals surface area contributed by atoms with Gasteiger partial charge in [-0.05, 0) is 191 Å². The number of benzene rings is 9. The summed E-state index contributed by atoms with van der Waals surface area (Å²) in [6, 6.07) is 60.4. The summed E-state index contributed by atoms with van der Waals surface area (Å²) in [5, 5.41) is 10.5. The SMILES string of the molecule is CC1C=CC(c2ccc(N(c3ccc(-c4ccc5c(c4)c4c(c6cc(-c7cc8ccccc8c8ccccc78)ccc65)CC=C4)cc3)c3ccc4c(c3)C(C)(C)C3=C4C(C)CC3)cc2)C1. The van der Waals surface area contributed by atoms with Crippen molar-refractivity contribution < 1.29 is 0 Å². The summed E-state index contributed by atoms with van der Waals surface area (Å²) in [4.78, 5) is 2.48. The van der Waals surface area contributed by atoms with Crippen LogP contribution in [0.15, 0.2) is 182 Å². The van der Waals surface area contributed by atoms with Crippen LogP contribution in [0.1, 0.15) is 80.7 Å². The highest BCUT2D eigenvalue weighted by molar-refractivity contribution is 6.17. The Morgan fingerprint density at radius 1 is 0.538 bits per heavy atom. The first-order chi connectivity index (χ1) is 31.8. The highest BCUT2D eigenvalue weighted by Gasteiger charge is 2.42. The number of hydrogen-bond donors (Lipinski definition) is 0. The maximum Gasteiger partial charge on any atom is 0.0465 e. The van der Waals surface area contributed by atoms with E-state index in [0.717, 1.165) is 6.42 Å². The summed E-state index contributed by atoms with van der Waals surface area (Å²) in [6.07, 6.45) is 14.1. The average Bonchev–Trinajstić information content (AvgIpc) is 4.15. The third-order valence-corrected chi connectivity index (χ3v) is 15.9. The molecule has 3 unspecified atom stereocenters. The minimum atomic E-state index is 0.0432. The van der Waals surface area contributed by atoms with Crippen molar-refractivity contribution in [1.29, 1.82) is 0 Å². The number of hydrogen-bond acceptors (Lipinski definition) is 1. The van der Waals surface area contributed by atoms with Crippen LogP contribution >= 0.6 is 0 Å². The molecular formula is C64H53N. The van der Waals surface area contributed by atoms with Crippen LogP contribution in [0.25, 0.3) is 77.0 Å². The van der Waals surface area contributed by atoms with Crippen molar-refractivity contribution in [3.63, 3.8) is 0 Å². The summed E-state index contributed by atoms with van der Waals surface area (Å²) >= 11 is 0. The molecule has 0 saturated heterocycles. The molecule has 1 heteroatoms. The van der Waals surface area contributed by atoms with Gasteiger partial charge in [-0.15, -0.1) is 0 Å². The largest absolute Gasteiger partial charge is 0.310 e. The first kappa shape index (κ1) is 38.5. The van der Waals surface area contributed by atoms with E-state index in [4.69, 9.17) is 0 Å². The zero-order valence-electron chi connectivity index (χ0n) is 37.8. The first-order valence-electron chi connectivity index (χ1n) is 24.0. The van der Waals surface area contributed by atoms with Crippen LogP contribution < -0.4 is 4.90 Å². The van der Waals surface area contributed by atoms with Gasteiger partial charge in [0.2, 0.25) is 0 Å². The fourth-order valence-electron chi connectivity index (χ4n) is 12.5. The van der Waals surface area contributed by atoms with Crippen molar-refractivity contribution >= 4 is 71.8 Å². The quantitative estimate of drug-likeness (QED) is 0.119. The third kappa shape index (κ3) is 5.98. The summed E-state index contributed by atoms with van der Waals surface area (Å²) < 4.78 is 0. The predicted octanol–water partition coefficient (Wildman–Crippen LogP) is 17.8. The Balaban J connectivity index is 0.883. The molecule has 1 nitrogen and oxygen atoms in total. The van der Waals surface area contributed by atoms with Gasteiger partial charge in [-0.2, -0.15) is 0 Å². The van der Waals surface area contributed by atoms with Gasteiger partial charge in [-0.1, -0.05) is 161 Å². The summed E-state index contributed by atoms with van der Waals surface area (Å²) in [6.45, 7) is 9.64. The van der Waals surface area contributed by atoms with Gasteiger partial charge in [0.1, 0.15) is 0 Å². The molecule has 0 N–H and O–H groups in total. The Labute approximate surface area is 383 Å². The van der Waals surface area contributed by atoms with Gasteiger partial charge in [-0.25, -0.2) is 0 Å². The van der Waals surface area contributed by atoms with Crippen molar-refractivity contribution in [1.82, 2.24) is 0 Å². The Bertz CT molecular complexity index is 3540. The first-order valence-corrected chi connectivity index (χ1v) is 24.0. The second-order valence-corrected chi connectivity index (χ2v) is 20.1. The van der Waals surface area contributed by atoms with Crippen LogP contribution in [-0.4, -0.2) is 0 Å². The minimum Gasteiger partial charge on any atom is -0.310 e. The van der Waals surface area contributed by atoms with Gasteiger partial charge >= 0.3 is 0 Å². The van der Waals surface area contributed by atoms with E-state index in [1.165, 1.54) is 129 Å². The van der Waals surface area contributed by atoms with Gasteiger partial charge in [-0.3, -0.25) is 0 Å². The second kappa shape index (κ2) is 14.5. The Hall–Kier alpha value is -6.96. The fourth-order valence-corrected chi connectivity index (χ4v) is 12.5. The standard InChI is InChI=1S/C64H53N/c1-39-16-18-43(34-39)41-19-25-47(26-20-41)65(49-29-32-57-62(38-49)64(3,4)61-33-17-40(2)63(57)61)48-27-21-42(22-28-48)44-23-30-55-56-31-24-46(37-60(56)54-15-9-14-53(54)59(55)35-44)58-36-45-10-5-6-11-50(45)51-12-7-8-13-52(51)58/h5-14,16,18-32,35-40,43H,15,17,33-34H2,1-4H3. The van der Waals surface area contributed by atoms with Gasteiger partial charge < -0.3 is 4.90 Å². The zero-order chi connectivity index (χ0) is 43.6. The molecule has 4 aliphatic rings. The lowest BCUT2D eigenvalue weighted by Crippen LogP contribution is -2.18. The molecule has 9 aromatic carbocycles. The fraction of sp³-hybridized carbons (Fsp3) is 0.188. The van der Waals surface area contributed by atoms with Crippen LogP contribution in [0.3, 0.4) is 0 Å². The molecule has 0 aliphatic heterocycles. The predicted molar refractivity (Wildman–Crippen MR) is 279 cm³/mol. The summed E-state index contributed by atoms with van der Waals surface area (Å²) in [5.74, 6) is 1.76. The topological polar surface area (TPSA) is 3.24 Å². The maximum absolute atomic E-state index is 2.50. The average molecular weight is 836 g/mol. The van der Waals surface area contributed by atoms with E-state index in [9.17, 15) is 0 Å². The highest BCUT2D eigenvalue weighted by Crippen LogP contribution is 2.56. The Morgan fingerprint density at radius 3 is 1.98 bits per heavy atom. The second-order valence-electron chi connectivity index (χ2n) is 20.1. The molecule has 3 atom stereocenters. The summed E-state index contributed by atoms with van der Waals surface area (Å²) in [5.41, 5.74) is 19.1. The Kier molecular flexibility index (Phi) is 8.60. The van der Waals surface area contributed by atoms with E-state index in [1.54, 1.807) is 11.1 Å². The maximum atomic E-state index is 2.50. The van der Waals surface area contributed by atoms with Crippen LogP contribution in [0.5, 0.6) is 0 Å². The van der Waals surface area contributed by atoms with Crippen molar-refractivity contribution in [3.05, 3.63) is 209 Å². The van der Waals surface area contributed by atoms with E-state index in [1.807, 2.05) is 0 Å². The molecular weight excluding hydrogens is 783 g/mol. The lowest BCUT2D eigenvalue weighted by molar-refractivity contribution is 0.595. The lowest BCUT2D eigenvalue weighted by Gasteiger charge is -2.29. The molecule has 13 rings (SSSR count). The molecule has 0 radical (unpaired) electrons. The van der Waals surface area contributed by atoms with Crippen molar-refractivity contribution in [2.45, 2.75) is 64.7 Å². The van der Waals surface area contributed by atoms with Crippen LogP contribution in [-0.2, 0) is 11.8 Å². The normalized spacial score (nSPS) is 19.2. The molecule has 65 heavy (non-hydrogen) atoms. The molecule has 314 valence electrons. The van der Waals surface area contributed by atoms with Crippen LogP contribution in [0.2, 0.25) is 0 Å². The smallest absolute Gasteiger partial charge is 0.0465 e. The monoisotopic (exact) mass is 835 g/mol. The molecule has 9 aromatic rings. The molecule has 0 bridgehead atoms. The lowest BCUT2D eigenvalue weighted by atomic mass is 9.80. The van der Waals surface area contributed by atoms with Crippen LogP contribution in [0, 0.1) is 11.8 Å². The van der Waals surface area contributed by atoms with E-state index < -0.39 is 0 Å². The van der Waals surface area contributed by atoms with Crippen molar-refractivity contribution in [2.24, 2.45) is 11.8 Å². The van der Waals surface area contributed by atoms with Gasteiger partial charge in [0.25, 0.3) is 0 Å². The van der Waals surface area contributed by atoms with Crippen molar-refractivity contribution in [2.75, 3.05) is 4.90 Å². The minimum absolute atomic E-state index is 0.0432. The molecule has 0 amide bonds. The van der Waals surface area contributed by atoms with Gasteiger partial charge in [0.15, 0.2) is 0 Å². The molecule has 0 fully saturated rings. The summed E-state index contributed by atoms with van der Waals surface area (Å²) in [7, 11) is 0. The van der Waals surface area contributed by atoms with Crippen LogP contribution in [0.4, 0.5) is 17.1 Å². The third-order valence-electron chi connectivity index (χ3n) is 15.9. The Morgan fingerprint density at radius 2 is 1.20 bits per heavy atom. The molecule has 0 saturated carbocycles. The molecule has 0 heterocycles. The van der Waals surface area contributed by atoms with Gasteiger partial charge in [0, 0.05) is 28.4 Å². The van der Waals surface area contributed by atoms with E-state index in [-0.39, 0.29) is 5.41 Å². The number of rotatable bonds is 6. The number of fused-ring (bicyclic) bond motifs is 11. The highest BCUT2D eigenvalue weighted by atomic mass is 15.1. The van der Waals surface area contributed by atoms with E-state index in [0.29, 0.717) is 17.8 Å². The van der Waals surface area contributed by atoms with E-state index in [2.05, 4.69) is 215 Å². The van der Waals surface area contributed by atoms with Gasteiger partial charge in [0.05, 0.1) is 0 Å². The van der Waals surface area contributed by atoms with E-state index >= 15 is 0 Å². The molecule has 0 spiro atoms. The zero-order valence-corrected chi connectivity index (χ0v) is 37.8. The number of nitrogens with zero attached hydrogens (tertiary/aromatic N) is 1. The molecule has 0 aromatic heterocycles. The number of anilines is 3. The number of allylic oxidation sites excluding steroid dienone is 5. The van der Waals surface area contributed by atoms with Crippen molar-refractivity contribution in [3.8, 4) is 22.3 Å².